The van der Waals surface area contributed by atoms with E-state index in [1.807, 2.05) is 43.3 Å². The lowest BCUT2D eigenvalue weighted by molar-refractivity contribution is 0.369. The molecule has 0 radical (unpaired) electrons. The van der Waals surface area contributed by atoms with Crippen LogP contribution < -0.4 is 9.49 Å². The Labute approximate surface area is 151 Å². The van der Waals surface area contributed by atoms with Gasteiger partial charge in [0.15, 0.2) is 0 Å². The molecule has 7 nitrogen and oxygen atoms in total. The summed E-state index contributed by atoms with van der Waals surface area (Å²) in [6.07, 6.45) is 9.00. The molecule has 1 unspecified atom stereocenters. The van der Waals surface area contributed by atoms with Crippen LogP contribution in [0.4, 0.5) is 5.69 Å². The Morgan fingerprint density at radius 3 is 3.08 bits per heavy atom. The molecule has 0 spiro atoms. The molecule has 4 rings (SSSR count). The number of benzene rings is 1. The topological polar surface area (TPSA) is 75.4 Å². The molecule has 0 fully saturated rings. The van der Waals surface area contributed by atoms with E-state index in [0.717, 1.165) is 16.7 Å². The highest BCUT2D eigenvalue weighted by molar-refractivity contribution is 5.89. The van der Waals surface area contributed by atoms with Gasteiger partial charge in [-0.3, -0.25) is 9.67 Å². The van der Waals surface area contributed by atoms with Gasteiger partial charge in [0.2, 0.25) is 5.69 Å². The fourth-order valence-electron chi connectivity index (χ4n) is 2.85. The molecule has 2 aromatic heterocycles. The average Bonchev–Trinajstić information content (AvgIpc) is 3.17. The Morgan fingerprint density at radius 1 is 1.31 bits per heavy atom. The number of quaternary nitrogens is 1. The fourth-order valence-corrected chi connectivity index (χ4v) is 2.85. The summed E-state index contributed by atoms with van der Waals surface area (Å²) < 4.78 is 6.67. The van der Waals surface area contributed by atoms with Gasteiger partial charge >= 0.3 is 0 Å². The molecule has 3 heterocycles. The molecular weight excluding hydrogens is 330 g/mol. The third kappa shape index (κ3) is 3.22. The molecule has 26 heavy (non-hydrogen) atoms. The van der Waals surface area contributed by atoms with Crippen molar-refractivity contribution in [2.75, 3.05) is 6.61 Å². The van der Waals surface area contributed by atoms with Crippen molar-refractivity contribution in [3.05, 3.63) is 66.4 Å². The van der Waals surface area contributed by atoms with Gasteiger partial charge in [-0.25, -0.2) is 0 Å². The van der Waals surface area contributed by atoms with Crippen molar-refractivity contribution >= 4 is 22.3 Å². The summed E-state index contributed by atoms with van der Waals surface area (Å²) in [5, 5.41) is 22.5. The van der Waals surface area contributed by atoms with Crippen molar-refractivity contribution in [1.29, 1.82) is 0 Å². The lowest BCUT2D eigenvalue weighted by Crippen LogP contribution is -2.35. The summed E-state index contributed by atoms with van der Waals surface area (Å²) in [6.45, 7) is 2.94. The van der Waals surface area contributed by atoms with Crippen molar-refractivity contribution in [2.45, 2.75) is 19.9 Å². The minimum atomic E-state index is -0.889. The third-order valence-electron chi connectivity index (χ3n) is 4.24. The summed E-state index contributed by atoms with van der Waals surface area (Å²) in [5.74, 6) is 0.727. The summed E-state index contributed by atoms with van der Waals surface area (Å²) in [4.78, 5) is 4.29. The number of allylic oxidation sites excluding steroid dienone is 1. The predicted octanol–water partition coefficient (Wildman–Crippen LogP) is 3.61. The maximum atomic E-state index is 13.0. The van der Waals surface area contributed by atoms with Crippen LogP contribution in [0.15, 0.2) is 66.3 Å². The highest BCUT2D eigenvalue weighted by atomic mass is 16.6. The lowest BCUT2D eigenvalue weighted by atomic mass is 10.2. The number of hydrogen-bond donors (Lipinski definition) is 0. The van der Waals surface area contributed by atoms with Gasteiger partial charge in [-0.15, -0.1) is 0 Å². The first-order chi connectivity index (χ1) is 12.7. The van der Waals surface area contributed by atoms with E-state index < -0.39 is 4.76 Å². The summed E-state index contributed by atoms with van der Waals surface area (Å²) in [5.41, 5.74) is 2.09. The Morgan fingerprint density at radius 2 is 2.23 bits per heavy atom. The minimum Gasteiger partial charge on any atom is -0.595 e. The Bertz CT molecular complexity index is 994. The van der Waals surface area contributed by atoms with E-state index in [4.69, 9.17) is 4.74 Å². The number of ether oxygens (including phenoxy) is 1. The fraction of sp³-hybridized carbons (Fsp3) is 0.211. The molecule has 1 atom stereocenters. The van der Waals surface area contributed by atoms with Crippen LogP contribution in [0.25, 0.3) is 10.9 Å². The highest BCUT2D eigenvalue weighted by Gasteiger charge is 2.24. The van der Waals surface area contributed by atoms with Crippen LogP contribution in [0.3, 0.4) is 0 Å². The zero-order valence-electron chi connectivity index (χ0n) is 14.4. The van der Waals surface area contributed by atoms with E-state index in [1.165, 1.54) is 6.20 Å². The van der Waals surface area contributed by atoms with Gasteiger partial charge in [0, 0.05) is 24.5 Å². The molecule has 0 aliphatic carbocycles. The van der Waals surface area contributed by atoms with Crippen molar-refractivity contribution in [3.8, 4) is 5.75 Å². The van der Waals surface area contributed by atoms with Gasteiger partial charge in [0.1, 0.15) is 30.5 Å². The molecule has 0 saturated heterocycles. The molecule has 0 saturated carbocycles. The first-order valence-electron chi connectivity index (χ1n) is 8.52. The predicted molar refractivity (Wildman–Crippen MR) is 101 cm³/mol. The van der Waals surface area contributed by atoms with Crippen molar-refractivity contribution < 1.29 is 4.74 Å². The van der Waals surface area contributed by atoms with Gasteiger partial charge in [-0.1, -0.05) is 11.2 Å². The quantitative estimate of drug-likeness (QED) is 0.521. The summed E-state index contributed by atoms with van der Waals surface area (Å²) in [6, 6.07) is 9.61. The lowest BCUT2D eigenvalue weighted by Gasteiger charge is -2.32. The van der Waals surface area contributed by atoms with Gasteiger partial charge in [-0.2, -0.15) is 9.85 Å². The van der Waals surface area contributed by atoms with Crippen molar-refractivity contribution in [2.24, 2.45) is 5.10 Å². The van der Waals surface area contributed by atoms with Crippen LogP contribution in [-0.2, 0) is 6.54 Å². The monoisotopic (exact) mass is 349 g/mol. The van der Waals surface area contributed by atoms with Crippen molar-refractivity contribution in [3.63, 3.8) is 0 Å². The minimum absolute atomic E-state index is 0.264. The van der Waals surface area contributed by atoms with Crippen LogP contribution in [0, 0.1) is 5.21 Å². The zero-order valence-corrected chi connectivity index (χ0v) is 14.4. The molecule has 1 aliphatic heterocycles. The normalized spacial score (nSPS) is 19.5. The van der Waals surface area contributed by atoms with E-state index in [9.17, 15) is 5.21 Å². The Hall–Kier alpha value is -3.03. The van der Waals surface area contributed by atoms with Gasteiger partial charge in [0.05, 0.1) is 11.7 Å². The number of hydrogen-bond acceptors (Lipinski definition) is 5. The molecular formula is C19H19N5O2. The van der Waals surface area contributed by atoms with E-state index in [-0.39, 0.29) is 6.61 Å². The highest BCUT2D eigenvalue weighted by Crippen LogP contribution is 2.26. The summed E-state index contributed by atoms with van der Waals surface area (Å²) >= 11 is 0. The smallest absolute Gasteiger partial charge is 0.202 e. The van der Waals surface area contributed by atoms with Crippen molar-refractivity contribution in [1.82, 2.24) is 19.5 Å². The molecule has 0 amide bonds. The summed E-state index contributed by atoms with van der Waals surface area (Å²) in [7, 11) is 0. The number of hydroxylamine groups is 1. The first kappa shape index (κ1) is 16.4. The maximum absolute atomic E-state index is 13.0. The zero-order chi connectivity index (χ0) is 18.0. The number of aromatic nitrogens is 3. The standard InChI is InChI=1S/C19H19N5O2/c1-2-23-13-17(12-21-23)24(25)10-4-6-16(22-24)14-26-18-7-8-19-15(11-18)5-3-9-20-19/h3-5,7-13H,2,6,14H2,1H3. The SMILES string of the molecule is CCn1cc([N+]2([O-])C=CCC(COc3ccc4ncccc4c3)=N2)cn1. The second kappa shape index (κ2) is 6.70. The molecule has 7 heteroatoms. The maximum Gasteiger partial charge on any atom is 0.202 e. The van der Waals surface area contributed by atoms with E-state index in [2.05, 4.69) is 15.2 Å². The van der Waals surface area contributed by atoms with Crippen LogP contribution in [-0.4, -0.2) is 27.1 Å². The number of aryl methyl sites for hydroxylation is 1. The van der Waals surface area contributed by atoms with Crippen LogP contribution >= 0.6 is 0 Å². The van der Waals surface area contributed by atoms with Gasteiger partial charge < -0.3 is 9.94 Å². The van der Waals surface area contributed by atoms with E-state index in [0.29, 0.717) is 24.4 Å². The molecule has 132 valence electrons. The van der Waals surface area contributed by atoms with Gasteiger partial charge in [0.25, 0.3) is 0 Å². The molecule has 0 N–H and O–H groups in total. The first-order valence-corrected chi connectivity index (χ1v) is 8.52. The average molecular weight is 349 g/mol. The van der Waals surface area contributed by atoms with Crippen LogP contribution in [0.1, 0.15) is 13.3 Å². The third-order valence-corrected chi connectivity index (χ3v) is 4.24. The molecule has 1 aromatic carbocycles. The largest absolute Gasteiger partial charge is 0.595 e. The van der Waals surface area contributed by atoms with Crippen LogP contribution in [0.2, 0.25) is 0 Å². The Balaban J connectivity index is 1.51. The van der Waals surface area contributed by atoms with E-state index >= 15 is 0 Å². The molecule has 0 bridgehead atoms. The van der Waals surface area contributed by atoms with Crippen LogP contribution in [0.5, 0.6) is 5.75 Å². The second-order valence-corrected chi connectivity index (χ2v) is 6.08. The number of pyridine rings is 1. The van der Waals surface area contributed by atoms with Gasteiger partial charge in [-0.05, 0) is 37.3 Å². The molecule has 3 aromatic rings. The number of rotatable bonds is 5. The van der Waals surface area contributed by atoms with E-state index in [1.54, 1.807) is 23.3 Å². The number of nitrogens with zero attached hydrogens (tertiary/aromatic N) is 5. The Kier molecular flexibility index (Phi) is 4.24. The number of fused-ring (bicyclic) bond motifs is 1. The second-order valence-electron chi connectivity index (χ2n) is 6.08. The molecule has 1 aliphatic rings.